The second-order valence-electron chi connectivity index (χ2n) is 8.33. The fourth-order valence-corrected chi connectivity index (χ4v) is 6.35. The second kappa shape index (κ2) is 8.63. The summed E-state index contributed by atoms with van der Waals surface area (Å²) in [7, 11) is 0. The lowest BCUT2D eigenvalue weighted by molar-refractivity contribution is -0.173. The SMILES string of the molecule is C[C@@H](N1CN([C@@H]2c3ccccc3SCc3c(Br)cccc32)n2ccc(=O)c(O)c2C1=O)C(F)(F)F. The second-order valence-corrected chi connectivity index (χ2v) is 10.2. The average molecular weight is 566 g/mol. The lowest BCUT2D eigenvalue weighted by Gasteiger charge is -2.46. The van der Waals surface area contributed by atoms with Crippen LogP contribution in [0.5, 0.6) is 5.75 Å². The Kier molecular flexibility index (Phi) is 5.87. The van der Waals surface area contributed by atoms with Gasteiger partial charge in [0.05, 0.1) is 6.04 Å². The first-order valence-electron chi connectivity index (χ1n) is 10.7. The van der Waals surface area contributed by atoms with E-state index in [-0.39, 0.29) is 0 Å². The maximum Gasteiger partial charge on any atom is 0.408 e. The Morgan fingerprint density at radius 3 is 2.54 bits per heavy atom. The maximum atomic E-state index is 13.8. The van der Waals surface area contributed by atoms with Gasteiger partial charge < -0.3 is 10.0 Å². The first-order valence-corrected chi connectivity index (χ1v) is 12.5. The molecule has 0 saturated heterocycles. The lowest BCUT2D eigenvalue weighted by Crippen LogP contribution is -2.60. The molecule has 0 unspecified atom stereocenters. The highest BCUT2D eigenvalue weighted by Gasteiger charge is 2.47. The maximum absolute atomic E-state index is 13.8. The molecule has 0 spiro atoms. The van der Waals surface area contributed by atoms with E-state index in [2.05, 4.69) is 15.9 Å². The minimum atomic E-state index is -4.70. The van der Waals surface area contributed by atoms with Crippen molar-refractivity contribution in [3.63, 3.8) is 0 Å². The molecule has 182 valence electrons. The van der Waals surface area contributed by atoms with Crippen LogP contribution in [0.2, 0.25) is 0 Å². The van der Waals surface area contributed by atoms with Crippen molar-refractivity contribution < 1.29 is 23.1 Å². The van der Waals surface area contributed by atoms with Gasteiger partial charge in [0.25, 0.3) is 5.91 Å². The fourth-order valence-electron chi connectivity index (χ4n) is 4.50. The first kappa shape index (κ1) is 23.8. The summed E-state index contributed by atoms with van der Waals surface area (Å²) in [6.07, 6.45) is -3.38. The standard InChI is InChI=1S/C24H19BrF3N3O3S/c1-13(24(26,27)28)29-12-31(30-10-9-18(32)22(33)21(30)23(29)34)20-14-6-4-7-17(25)16(14)11-35-19-8-3-2-5-15(19)20/h2-10,13,20,33H,11-12H2,1H3/t13-,20+/m1/s1. The Balaban J connectivity index is 1.79. The number of rotatable bonds is 2. The Labute approximate surface area is 211 Å². The topological polar surface area (TPSA) is 65.8 Å². The Bertz CT molecular complexity index is 1390. The molecule has 2 aromatic carbocycles. The molecule has 1 amide bonds. The largest absolute Gasteiger partial charge is 0.502 e. The Morgan fingerprint density at radius 2 is 1.80 bits per heavy atom. The molecule has 1 aromatic heterocycles. The number of pyridine rings is 1. The van der Waals surface area contributed by atoms with Gasteiger partial charge in [-0.05, 0) is 35.7 Å². The normalized spacial score (nSPS) is 18.4. The lowest BCUT2D eigenvalue weighted by atomic mass is 9.94. The predicted octanol–water partition coefficient (Wildman–Crippen LogP) is 5.01. The molecule has 0 aliphatic carbocycles. The highest BCUT2D eigenvalue weighted by Crippen LogP contribution is 2.45. The third-order valence-corrected chi connectivity index (χ3v) is 8.22. The molecule has 5 rings (SSSR count). The molecule has 0 saturated carbocycles. The van der Waals surface area contributed by atoms with E-state index >= 15 is 0 Å². The number of hydrogen-bond donors (Lipinski definition) is 1. The van der Waals surface area contributed by atoms with E-state index in [0.29, 0.717) is 10.7 Å². The molecule has 0 radical (unpaired) electrons. The third-order valence-electron chi connectivity index (χ3n) is 6.37. The van der Waals surface area contributed by atoms with E-state index in [1.54, 1.807) is 16.8 Å². The van der Waals surface area contributed by atoms with Crippen LogP contribution in [-0.2, 0) is 5.75 Å². The van der Waals surface area contributed by atoms with E-state index in [9.17, 15) is 27.9 Å². The molecule has 3 heterocycles. The summed E-state index contributed by atoms with van der Waals surface area (Å²) < 4.78 is 43.5. The van der Waals surface area contributed by atoms with Crippen molar-refractivity contribution in [2.45, 2.75) is 35.8 Å². The van der Waals surface area contributed by atoms with Crippen LogP contribution in [-0.4, -0.2) is 39.5 Å². The number of thioether (sulfide) groups is 1. The van der Waals surface area contributed by atoms with Crippen molar-refractivity contribution in [2.24, 2.45) is 0 Å². The quantitative estimate of drug-likeness (QED) is 0.473. The monoisotopic (exact) mass is 565 g/mol. The van der Waals surface area contributed by atoms with Crippen LogP contribution < -0.4 is 10.4 Å². The zero-order chi connectivity index (χ0) is 25.1. The molecule has 0 fully saturated rings. The van der Waals surface area contributed by atoms with E-state index < -0.39 is 47.7 Å². The van der Waals surface area contributed by atoms with Gasteiger partial charge in [-0.25, -0.2) is 0 Å². The van der Waals surface area contributed by atoms with Crippen molar-refractivity contribution in [3.8, 4) is 5.75 Å². The molecule has 2 aliphatic heterocycles. The molecule has 35 heavy (non-hydrogen) atoms. The number of benzene rings is 2. The summed E-state index contributed by atoms with van der Waals surface area (Å²) >= 11 is 5.21. The summed E-state index contributed by atoms with van der Waals surface area (Å²) in [4.78, 5) is 27.0. The highest BCUT2D eigenvalue weighted by atomic mass is 79.9. The van der Waals surface area contributed by atoms with Crippen LogP contribution in [0.3, 0.4) is 0 Å². The van der Waals surface area contributed by atoms with Crippen LogP contribution in [0.15, 0.2) is 68.9 Å². The van der Waals surface area contributed by atoms with Gasteiger partial charge in [0.15, 0.2) is 11.4 Å². The number of aromatic hydroxyl groups is 1. The summed E-state index contributed by atoms with van der Waals surface area (Å²) in [6.45, 7) is 0.482. The van der Waals surface area contributed by atoms with Crippen LogP contribution in [0.4, 0.5) is 13.2 Å². The zero-order valence-corrected chi connectivity index (χ0v) is 20.7. The minimum Gasteiger partial charge on any atom is -0.502 e. The molecule has 11 heteroatoms. The van der Waals surface area contributed by atoms with Gasteiger partial charge in [-0.1, -0.05) is 46.3 Å². The number of hydrogen-bond acceptors (Lipinski definition) is 5. The van der Waals surface area contributed by atoms with Gasteiger partial charge in [-0.15, -0.1) is 11.8 Å². The third kappa shape index (κ3) is 3.90. The number of fused-ring (bicyclic) bond motifs is 3. The van der Waals surface area contributed by atoms with Gasteiger partial charge in [0, 0.05) is 27.4 Å². The molecule has 2 atom stereocenters. The molecule has 3 aromatic rings. The number of halogens is 4. The summed E-state index contributed by atoms with van der Waals surface area (Å²) in [6, 6.07) is 11.6. The molecule has 0 bridgehead atoms. The average Bonchev–Trinajstić information content (AvgIpc) is 2.98. The van der Waals surface area contributed by atoms with Crippen molar-refractivity contribution in [1.82, 2.24) is 9.58 Å². The van der Waals surface area contributed by atoms with Crippen molar-refractivity contribution in [3.05, 3.63) is 91.8 Å². The number of aromatic nitrogens is 1. The van der Waals surface area contributed by atoms with Gasteiger partial charge >= 0.3 is 6.18 Å². The van der Waals surface area contributed by atoms with Crippen molar-refractivity contribution in [1.29, 1.82) is 0 Å². The van der Waals surface area contributed by atoms with Crippen LogP contribution in [0.25, 0.3) is 0 Å². The molecule has 1 N–H and O–H groups in total. The number of amides is 1. The van der Waals surface area contributed by atoms with Crippen LogP contribution >= 0.6 is 27.7 Å². The Hall–Kier alpha value is -2.92. The van der Waals surface area contributed by atoms with Crippen LogP contribution in [0, 0.1) is 0 Å². The first-order chi connectivity index (χ1) is 16.6. The summed E-state index contributed by atoms with van der Waals surface area (Å²) in [5, 5.41) is 12.1. The predicted molar refractivity (Wildman–Crippen MR) is 129 cm³/mol. The van der Waals surface area contributed by atoms with E-state index in [4.69, 9.17) is 0 Å². The van der Waals surface area contributed by atoms with Crippen LogP contribution in [0.1, 0.15) is 40.1 Å². The van der Waals surface area contributed by atoms with Gasteiger partial charge in [-0.2, -0.15) is 13.2 Å². The molecule has 6 nitrogen and oxygen atoms in total. The van der Waals surface area contributed by atoms with Crippen molar-refractivity contribution in [2.75, 3.05) is 11.7 Å². The number of carbonyl (C=O) groups excluding carboxylic acids is 1. The Morgan fingerprint density at radius 1 is 1.09 bits per heavy atom. The van der Waals surface area contributed by atoms with Gasteiger partial charge in [-0.3, -0.25) is 19.3 Å². The highest BCUT2D eigenvalue weighted by molar-refractivity contribution is 9.10. The zero-order valence-electron chi connectivity index (χ0n) is 18.3. The minimum absolute atomic E-state index is 0.412. The van der Waals surface area contributed by atoms with E-state index in [0.717, 1.165) is 39.0 Å². The molecular weight excluding hydrogens is 547 g/mol. The molecule has 2 aliphatic rings. The van der Waals surface area contributed by atoms with Crippen molar-refractivity contribution >= 4 is 33.6 Å². The summed E-state index contributed by atoms with van der Waals surface area (Å²) in [5.41, 5.74) is 1.32. The molecular formula is C24H19BrF3N3O3S. The number of alkyl halides is 3. The summed E-state index contributed by atoms with van der Waals surface area (Å²) in [5.74, 6) is -1.32. The smallest absolute Gasteiger partial charge is 0.408 e. The fraction of sp³-hybridized carbons (Fsp3) is 0.250. The van der Waals surface area contributed by atoms with Gasteiger partial charge in [0.1, 0.15) is 12.7 Å². The number of carbonyl (C=O) groups is 1. The number of nitrogens with zero attached hydrogens (tertiary/aromatic N) is 3. The van der Waals surface area contributed by atoms with E-state index in [1.165, 1.54) is 10.9 Å². The van der Waals surface area contributed by atoms with E-state index in [1.807, 2.05) is 42.5 Å². The van der Waals surface area contributed by atoms with Gasteiger partial charge in [0.2, 0.25) is 5.43 Å².